The van der Waals surface area contributed by atoms with Crippen molar-refractivity contribution in [3.05, 3.63) is 113 Å². The van der Waals surface area contributed by atoms with E-state index in [1.54, 1.807) is 38.1 Å². The molecule has 2 aromatic heterocycles. The predicted molar refractivity (Wildman–Crippen MR) is 150 cm³/mol. The third-order valence-corrected chi connectivity index (χ3v) is 7.11. The zero-order valence-electron chi connectivity index (χ0n) is 23.3. The summed E-state index contributed by atoms with van der Waals surface area (Å²) in [7, 11) is 0. The Morgan fingerprint density at radius 2 is 1.43 bits per heavy atom. The number of hydrogen-bond donors (Lipinski definition) is 5. The zero-order valence-corrected chi connectivity index (χ0v) is 23.3. The highest BCUT2D eigenvalue weighted by Crippen LogP contribution is 2.50. The Hall–Kier alpha value is -5.24. The van der Waals surface area contributed by atoms with Crippen molar-refractivity contribution in [1.29, 1.82) is 0 Å². The Morgan fingerprint density at radius 1 is 0.841 bits per heavy atom. The fourth-order valence-electron chi connectivity index (χ4n) is 4.60. The van der Waals surface area contributed by atoms with E-state index >= 15 is 0 Å². The van der Waals surface area contributed by atoms with E-state index < -0.39 is 46.2 Å². The molecular formula is C30H26F4N6O4. The number of amides is 2. The lowest BCUT2D eigenvalue weighted by Crippen LogP contribution is -2.30. The summed E-state index contributed by atoms with van der Waals surface area (Å²) in [5, 5.41) is 14.4. The Labute approximate surface area is 248 Å². The van der Waals surface area contributed by atoms with Crippen LogP contribution >= 0.6 is 0 Å². The SMILES string of the molecule is CC(C)(Nc1ncc(C(=O)NO)cc1F)c1cccc(ONC(=O)c2cnc(NC3(c4c(F)cccc4F)CC3)c(F)c2)c1. The number of rotatable bonds is 10. The highest BCUT2D eigenvalue weighted by atomic mass is 19.1. The van der Waals surface area contributed by atoms with Gasteiger partial charge in [-0.25, -0.2) is 33.0 Å². The molecule has 2 aromatic carbocycles. The summed E-state index contributed by atoms with van der Waals surface area (Å²) >= 11 is 0. The van der Waals surface area contributed by atoms with E-state index in [1.807, 2.05) is 0 Å². The van der Waals surface area contributed by atoms with E-state index in [-0.39, 0.29) is 34.1 Å². The van der Waals surface area contributed by atoms with Crippen LogP contribution in [0, 0.1) is 23.3 Å². The molecule has 0 saturated heterocycles. The number of aromatic nitrogens is 2. The Kier molecular flexibility index (Phi) is 8.11. The molecule has 1 aliphatic rings. The van der Waals surface area contributed by atoms with Gasteiger partial charge in [-0.3, -0.25) is 14.8 Å². The van der Waals surface area contributed by atoms with Crippen LogP contribution in [0.3, 0.4) is 0 Å². The van der Waals surface area contributed by atoms with Gasteiger partial charge in [0.05, 0.1) is 22.2 Å². The number of pyridine rings is 2. The highest BCUT2D eigenvalue weighted by molar-refractivity contribution is 5.93. The van der Waals surface area contributed by atoms with Gasteiger partial charge in [0.2, 0.25) is 0 Å². The van der Waals surface area contributed by atoms with Gasteiger partial charge in [-0.15, -0.1) is 0 Å². The minimum Gasteiger partial charge on any atom is -0.379 e. The third-order valence-electron chi connectivity index (χ3n) is 7.11. The van der Waals surface area contributed by atoms with E-state index in [9.17, 15) is 27.2 Å². The molecule has 2 heterocycles. The first-order chi connectivity index (χ1) is 20.9. The van der Waals surface area contributed by atoms with Crippen molar-refractivity contribution in [1.82, 2.24) is 20.9 Å². The summed E-state index contributed by atoms with van der Waals surface area (Å²) in [5.41, 5.74) is 1.62. The van der Waals surface area contributed by atoms with Crippen molar-refractivity contribution >= 4 is 23.5 Å². The van der Waals surface area contributed by atoms with Crippen LogP contribution in [0.5, 0.6) is 5.75 Å². The van der Waals surface area contributed by atoms with Crippen LogP contribution in [0.1, 0.15) is 58.5 Å². The first-order valence-corrected chi connectivity index (χ1v) is 13.3. The molecule has 0 aliphatic heterocycles. The van der Waals surface area contributed by atoms with Crippen LogP contribution < -0.4 is 26.4 Å². The van der Waals surface area contributed by atoms with Crippen LogP contribution in [0.4, 0.5) is 29.2 Å². The summed E-state index contributed by atoms with van der Waals surface area (Å²) in [4.78, 5) is 37.4. The molecule has 0 spiro atoms. The van der Waals surface area contributed by atoms with Gasteiger partial charge < -0.3 is 15.5 Å². The predicted octanol–water partition coefficient (Wildman–Crippen LogP) is 5.32. The second kappa shape index (κ2) is 11.8. The van der Waals surface area contributed by atoms with Crippen molar-refractivity contribution in [2.45, 2.75) is 37.8 Å². The topological polar surface area (TPSA) is 138 Å². The molecule has 5 N–H and O–H groups in total. The van der Waals surface area contributed by atoms with E-state index in [2.05, 4.69) is 26.1 Å². The minimum absolute atomic E-state index is 0.150. The molecule has 44 heavy (non-hydrogen) atoms. The van der Waals surface area contributed by atoms with Gasteiger partial charge in [-0.1, -0.05) is 18.2 Å². The maximum atomic E-state index is 14.9. The Morgan fingerprint density at radius 3 is 2.02 bits per heavy atom. The lowest BCUT2D eigenvalue weighted by Gasteiger charge is -2.28. The quantitative estimate of drug-likeness (QED) is 0.0924. The summed E-state index contributed by atoms with van der Waals surface area (Å²) < 4.78 is 58.2. The smallest absolute Gasteiger partial charge is 0.285 e. The molecule has 10 nitrogen and oxygen atoms in total. The maximum absolute atomic E-state index is 14.9. The number of carbonyl (C=O) groups excluding carboxylic acids is 2. The van der Waals surface area contributed by atoms with Crippen LogP contribution in [0.2, 0.25) is 0 Å². The number of hydrogen-bond acceptors (Lipinski definition) is 8. The average molecular weight is 611 g/mol. The summed E-state index contributed by atoms with van der Waals surface area (Å²) in [5.74, 6) is -5.17. The van der Waals surface area contributed by atoms with E-state index in [1.165, 1.54) is 11.5 Å². The van der Waals surface area contributed by atoms with Gasteiger partial charge in [0.25, 0.3) is 11.8 Å². The number of nitrogens with one attached hydrogen (secondary N) is 4. The number of hydroxylamine groups is 2. The van der Waals surface area contributed by atoms with Crippen LogP contribution in [-0.2, 0) is 11.1 Å². The lowest BCUT2D eigenvalue weighted by atomic mass is 9.94. The monoisotopic (exact) mass is 610 g/mol. The minimum atomic E-state index is -1.13. The number of halogens is 4. The molecular weight excluding hydrogens is 584 g/mol. The van der Waals surface area contributed by atoms with Gasteiger partial charge in [-0.05, 0) is 68.7 Å². The lowest BCUT2D eigenvalue weighted by molar-refractivity contribution is 0.0705. The molecule has 0 unspecified atom stereocenters. The molecule has 0 atom stereocenters. The van der Waals surface area contributed by atoms with Crippen LogP contribution in [0.15, 0.2) is 67.0 Å². The molecule has 5 rings (SSSR count). The van der Waals surface area contributed by atoms with Crippen molar-refractivity contribution < 1.29 is 37.2 Å². The summed E-state index contributed by atoms with van der Waals surface area (Å²) in [6.45, 7) is 3.47. The molecule has 4 aromatic rings. The first-order valence-electron chi connectivity index (χ1n) is 13.3. The fourth-order valence-corrected chi connectivity index (χ4v) is 4.60. The van der Waals surface area contributed by atoms with Gasteiger partial charge in [0.1, 0.15) is 11.6 Å². The third kappa shape index (κ3) is 6.24. The summed E-state index contributed by atoms with van der Waals surface area (Å²) in [6.07, 6.45) is 2.93. The molecule has 2 amide bonds. The van der Waals surface area contributed by atoms with Crippen molar-refractivity contribution in [3.63, 3.8) is 0 Å². The van der Waals surface area contributed by atoms with Gasteiger partial charge >= 0.3 is 0 Å². The Balaban J connectivity index is 1.23. The highest BCUT2D eigenvalue weighted by Gasteiger charge is 2.48. The number of benzene rings is 2. The molecule has 228 valence electrons. The molecule has 1 saturated carbocycles. The number of anilines is 2. The second-order valence-corrected chi connectivity index (χ2v) is 10.7. The zero-order chi connectivity index (χ0) is 31.6. The maximum Gasteiger partial charge on any atom is 0.285 e. The number of nitrogens with zero attached hydrogens (tertiary/aromatic N) is 2. The molecule has 1 aliphatic carbocycles. The van der Waals surface area contributed by atoms with Crippen molar-refractivity contribution in [2.24, 2.45) is 0 Å². The normalized spacial score (nSPS) is 13.5. The summed E-state index contributed by atoms with van der Waals surface area (Å²) in [6, 6.07) is 11.8. The Bertz CT molecular complexity index is 1730. The van der Waals surface area contributed by atoms with E-state index in [4.69, 9.17) is 10.0 Å². The molecule has 0 radical (unpaired) electrons. The van der Waals surface area contributed by atoms with Gasteiger partial charge in [0, 0.05) is 18.0 Å². The van der Waals surface area contributed by atoms with Crippen LogP contribution in [0.25, 0.3) is 0 Å². The first kappa shape index (κ1) is 30.2. The van der Waals surface area contributed by atoms with Crippen LogP contribution in [-0.4, -0.2) is 27.0 Å². The second-order valence-electron chi connectivity index (χ2n) is 10.7. The largest absolute Gasteiger partial charge is 0.379 e. The number of carbonyl (C=O) groups is 2. The van der Waals surface area contributed by atoms with Crippen molar-refractivity contribution in [2.75, 3.05) is 10.6 Å². The van der Waals surface area contributed by atoms with Gasteiger partial charge in [0.15, 0.2) is 29.0 Å². The van der Waals surface area contributed by atoms with Gasteiger partial charge in [-0.2, -0.15) is 5.48 Å². The van der Waals surface area contributed by atoms with E-state index in [0.29, 0.717) is 18.4 Å². The average Bonchev–Trinajstić information content (AvgIpc) is 3.77. The molecule has 0 bridgehead atoms. The molecule has 1 fully saturated rings. The standard InChI is InChI=1S/C30H26F4N6O4/c1-29(2,37-25-22(33)11-16(14-35-25)27(41)39-43)18-5-3-6-19(13-18)44-40-28(42)17-12-23(34)26(36-15-17)38-30(9-10-30)24-20(31)7-4-8-21(24)32/h3-8,11-15,43H,9-10H2,1-2H3,(H,35,37)(H,36,38)(H,39,41)(H,40,42). The van der Waals surface area contributed by atoms with E-state index in [0.717, 1.165) is 36.7 Å². The molecule has 14 heteroatoms. The fraction of sp³-hybridized carbons (Fsp3) is 0.200. The van der Waals surface area contributed by atoms with Crippen molar-refractivity contribution in [3.8, 4) is 5.75 Å².